The predicted molar refractivity (Wildman–Crippen MR) is 72.5 cm³/mol. The smallest absolute Gasteiger partial charge is 0.129 e. The lowest BCUT2D eigenvalue weighted by Gasteiger charge is -2.04. The largest absolute Gasteiger partial charge is 0.363 e. The van der Waals surface area contributed by atoms with E-state index in [2.05, 4.69) is 41.0 Å². The first-order valence-corrected chi connectivity index (χ1v) is 6.45. The number of rotatable bonds is 6. The fraction of sp³-hybridized carbons (Fsp3) is 0.400. The van der Waals surface area contributed by atoms with Gasteiger partial charge in [0.2, 0.25) is 0 Å². The van der Waals surface area contributed by atoms with Crippen molar-refractivity contribution in [3.63, 3.8) is 0 Å². The van der Waals surface area contributed by atoms with Crippen molar-refractivity contribution >= 4 is 6.21 Å². The van der Waals surface area contributed by atoms with E-state index in [1.807, 2.05) is 18.4 Å². The quantitative estimate of drug-likeness (QED) is 0.436. The van der Waals surface area contributed by atoms with Gasteiger partial charge in [0.05, 0.1) is 25.4 Å². The number of epoxide rings is 1. The summed E-state index contributed by atoms with van der Waals surface area (Å²) in [6.45, 7) is 5.55. The van der Waals surface area contributed by atoms with Crippen LogP contribution in [0.15, 0.2) is 48.1 Å². The molecule has 0 amide bonds. The van der Waals surface area contributed by atoms with E-state index < -0.39 is 0 Å². The zero-order chi connectivity index (χ0) is 12.4. The number of hydrazone groups is 1. The van der Waals surface area contributed by atoms with Crippen LogP contribution < -0.4 is 0 Å². The zero-order valence-electron chi connectivity index (χ0n) is 10.5. The van der Waals surface area contributed by atoms with Crippen molar-refractivity contribution in [2.45, 2.75) is 24.5 Å². The van der Waals surface area contributed by atoms with Crippen molar-refractivity contribution in [2.24, 2.45) is 5.10 Å². The van der Waals surface area contributed by atoms with Crippen LogP contribution in [0.4, 0.5) is 0 Å². The Kier molecular flexibility index (Phi) is 2.92. The van der Waals surface area contributed by atoms with Gasteiger partial charge in [-0.2, -0.15) is 5.10 Å². The Balaban J connectivity index is 1.55. The van der Waals surface area contributed by atoms with Crippen LogP contribution in [0, 0.1) is 0 Å². The van der Waals surface area contributed by atoms with Crippen LogP contribution in [0.3, 0.4) is 0 Å². The predicted octanol–water partition coefficient (Wildman–Crippen LogP) is 2.76. The van der Waals surface area contributed by atoms with E-state index in [0.717, 1.165) is 26.0 Å². The molecule has 2 aliphatic rings. The van der Waals surface area contributed by atoms with Gasteiger partial charge in [-0.3, -0.25) is 5.01 Å². The molecule has 2 fully saturated rings. The number of allylic oxidation sites excluding steroid dienone is 1. The number of benzene rings is 1. The summed E-state index contributed by atoms with van der Waals surface area (Å²) in [7, 11) is 0. The van der Waals surface area contributed by atoms with E-state index in [0.29, 0.717) is 6.04 Å². The van der Waals surface area contributed by atoms with E-state index in [9.17, 15) is 0 Å². The molecule has 0 spiro atoms. The molecule has 0 aliphatic carbocycles. The third-order valence-electron chi connectivity index (χ3n) is 3.50. The first-order chi connectivity index (χ1) is 8.83. The SMILES string of the molecule is C=CCCC1(C=NN2CC2c2ccccc2)CO1. The summed E-state index contributed by atoms with van der Waals surface area (Å²) in [5.41, 5.74) is 1.24. The van der Waals surface area contributed by atoms with E-state index in [1.165, 1.54) is 5.56 Å². The summed E-state index contributed by atoms with van der Waals surface area (Å²) in [5, 5.41) is 6.63. The summed E-state index contributed by atoms with van der Waals surface area (Å²) in [6, 6.07) is 11.0. The maximum absolute atomic E-state index is 5.49. The van der Waals surface area contributed by atoms with Gasteiger partial charge in [-0.25, -0.2) is 0 Å². The standard InChI is InChI=1S/C15H18N2O/c1-2-3-9-15(12-18-15)11-16-17-10-14(17)13-7-5-4-6-8-13/h2,4-8,11,14H,1,3,9-10,12H2. The highest BCUT2D eigenvalue weighted by atomic mass is 16.6. The average Bonchev–Trinajstić information content (AvgIpc) is 3.31. The second kappa shape index (κ2) is 4.58. The molecule has 1 aromatic rings. The minimum atomic E-state index is -0.0992. The average molecular weight is 242 g/mol. The van der Waals surface area contributed by atoms with E-state index in [-0.39, 0.29) is 5.60 Å². The lowest BCUT2D eigenvalue weighted by atomic mass is 10.1. The van der Waals surface area contributed by atoms with Crippen molar-refractivity contribution in [1.29, 1.82) is 0 Å². The first kappa shape index (κ1) is 11.5. The third-order valence-corrected chi connectivity index (χ3v) is 3.50. The van der Waals surface area contributed by atoms with Gasteiger partial charge in [0.25, 0.3) is 0 Å². The van der Waals surface area contributed by atoms with Gasteiger partial charge in [-0.1, -0.05) is 36.4 Å². The Labute approximate surface area is 108 Å². The van der Waals surface area contributed by atoms with E-state index in [1.54, 1.807) is 0 Å². The number of hydrogen-bond donors (Lipinski definition) is 0. The molecular weight excluding hydrogens is 224 g/mol. The number of hydrogen-bond acceptors (Lipinski definition) is 3. The Morgan fingerprint density at radius 3 is 2.89 bits per heavy atom. The molecule has 18 heavy (non-hydrogen) atoms. The zero-order valence-corrected chi connectivity index (χ0v) is 10.5. The van der Waals surface area contributed by atoms with Crippen LogP contribution in [0.2, 0.25) is 0 Å². The lowest BCUT2D eigenvalue weighted by molar-refractivity contribution is 0.356. The van der Waals surface area contributed by atoms with Gasteiger partial charge < -0.3 is 4.74 Å². The molecule has 2 unspecified atom stereocenters. The molecule has 0 bridgehead atoms. The lowest BCUT2D eigenvalue weighted by Crippen LogP contribution is -2.13. The van der Waals surface area contributed by atoms with Gasteiger partial charge >= 0.3 is 0 Å². The Morgan fingerprint density at radius 1 is 1.44 bits per heavy atom. The van der Waals surface area contributed by atoms with Crippen molar-refractivity contribution in [3.05, 3.63) is 48.6 Å². The molecule has 0 aromatic heterocycles. The highest BCUT2D eigenvalue weighted by molar-refractivity contribution is 5.71. The molecule has 2 atom stereocenters. The fourth-order valence-electron chi connectivity index (χ4n) is 2.11. The second-order valence-corrected chi connectivity index (χ2v) is 4.97. The first-order valence-electron chi connectivity index (χ1n) is 6.45. The van der Waals surface area contributed by atoms with Gasteiger partial charge in [0.1, 0.15) is 5.60 Å². The minimum Gasteiger partial charge on any atom is -0.363 e. The molecule has 3 rings (SSSR count). The summed E-state index contributed by atoms with van der Waals surface area (Å²) in [4.78, 5) is 0. The Morgan fingerprint density at radius 2 is 2.22 bits per heavy atom. The maximum Gasteiger partial charge on any atom is 0.129 e. The molecular formula is C15H18N2O. The molecule has 2 heterocycles. The Hall–Kier alpha value is -1.61. The van der Waals surface area contributed by atoms with Crippen LogP contribution in [0.5, 0.6) is 0 Å². The molecule has 94 valence electrons. The molecule has 2 aliphatic heterocycles. The minimum absolute atomic E-state index is 0.0992. The molecule has 1 aromatic carbocycles. The van der Waals surface area contributed by atoms with Crippen LogP contribution >= 0.6 is 0 Å². The molecule has 0 radical (unpaired) electrons. The third kappa shape index (κ3) is 2.46. The van der Waals surface area contributed by atoms with Crippen LogP contribution in [0.25, 0.3) is 0 Å². The van der Waals surface area contributed by atoms with Gasteiger partial charge in [-0.05, 0) is 18.4 Å². The van der Waals surface area contributed by atoms with Crippen molar-refractivity contribution in [3.8, 4) is 0 Å². The van der Waals surface area contributed by atoms with Gasteiger partial charge in [0.15, 0.2) is 0 Å². The molecule has 0 saturated carbocycles. The van der Waals surface area contributed by atoms with Crippen molar-refractivity contribution in [1.82, 2.24) is 5.01 Å². The van der Waals surface area contributed by atoms with Gasteiger partial charge in [-0.15, -0.1) is 6.58 Å². The molecule has 0 N–H and O–H groups in total. The van der Waals surface area contributed by atoms with Crippen LogP contribution in [-0.2, 0) is 4.74 Å². The summed E-state index contributed by atoms with van der Waals surface area (Å²) in [6.07, 6.45) is 5.87. The maximum atomic E-state index is 5.49. The van der Waals surface area contributed by atoms with Gasteiger partial charge in [0, 0.05) is 0 Å². The number of nitrogens with zero attached hydrogens (tertiary/aromatic N) is 2. The molecule has 2 saturated heterocycles. The Bertz CT molecular complexity index is 451. The second-order valence-electron chi connectivity index (χ2n) is 4.97. The van der Waals surface area contributed by atoms with Crippen molar-refractivity contribution < 1.29 is 4.74 Å². The van der Waals surface area contributed by atoms with Crippen molar-refractivity contribution in [2.75, 3.05) is 13.2 Å². The highest BCUT2D eigenvalue weighted by Crippen LogP contribution is 2.36. The van der Waals surface area contributed by atoms with Crippen LogP contribution in [-0.4, -0.2) is 30.0 Å². The van der Waals surface area contributed by atoms with E-state index >= 15 is 0 Å². The molecule has 3 nitrogen and oxygen atoms in total. The van der Waals surface area contributed by atoms with Crippen LogP contribution in [0.1, 0.15) is 24.4 Å². The monoisotopic (exact) mass is 242 g/mol. The summed E-state index contributed by atoms with van der Waals surface area (Å²) >= 11 is 0. The fourth-order valence-corrected chi connectivity index (χ4v) is 2.11. The summed E-state index contributed by atoms with van der Waals surface area (Å²) < 4.78 is 5.49. The normalized spacial score (nSPS) is 29.6. The summed E-state index contributed by atoms with van der Waals surface area (Å²) in [5.74, 6) is 0. The number of ether oxygens (including phenoxy) is 1. The molecule has 3 heteroatoms. The highest BCUT2D eigenvalue weighted by Gasteiger charge is 2.43. The van der Waals surface area contributed by atoms with E-state index in [4.69, 9.17) is 4.74 Å². The topological polar surface area (TPSA) is 27.9 Å².